The minimum atomic E-state index is 1.01. The number of aryl methyl sites for hydroxylation is 1. The summed E-state index contributed by atoms with van der Waals surface area (Å²) in [6, 6.07) is 10.7. The second-order valence-corrected chi connectivity index (χ2v) is 6.67. The number of nitrogens with one attached hydrogen (secondary N) is 1. The average molecular weight is 350 g/mol. The van der Waals surface area contributed by atoms with Crippen molar-refractivity contribution < 1.29 is 0 Å². The Morgan fingerprint density at radius 1 is 0.926 bits per heavy atom. The van der Waals surface area contributed by atoms with Gasteiger partial charge in [0.1, 0.15) is 0 Å². The number of benzene rings is 2. The molecule has 0 unspecified atom stereocenters. The van der Waals surface area contributed by atoms with Gasteiger partial charge in [-0.15, -0.1) is 0 Å². The van der Waals surface area contributed by atoms with Crippen molar-refractivity contribution in [3.05, 3.63) is 96.4 Å². The lowest BCUT2D eigenvalue weighted by atomic mass is 10.00. The first-order valence-corrected chi connectivity index (χ1v) is 9.09. The largest absolute Gasteiger partial charge is 0.353 e. The van der Waals surface area contributed by atoms with Crippen molar-refractivity contribution in [2.45, 2.75) is 13.8 Å². The van der Waals surface area contributed by atoms with E-state index in [1.165, 1.54) is 21.9 Å². The van der Waals surface area contributed by atoms with Crippen LogP contribution >= 0.6 is 0 Å². The van der Waals surface area contributed by atoms with Crippen LogP contribution in [0.2, 0.25) is 0 Å². The number of nitrogens with zero attached hydrogens (tertiary/aromatic N) is 1. The summed E-state index contributed by atoms with van der Waals surface area (Å²) in [5, 5.41) is 6.04. The molecule has 1 N–H and O–H groups in total. The first-order chi connectivity index (χ1) is 13.2. The number of rotatable bonds is 5. The molecule has 27 heavy (non-hydrogen) atoms. The Morgan fingerprint density at radius 3 is 2.37 bits per heavy atom. The Bertz CT molecular complexity index is 1120. The molecule has 0 fully saturated rings. The number of aromatic nitrogens is 1. The number of hydrogen-bond donors (Lipinski definition) is 1. The SMILES string of the molecule is C=CC1=C(C=C)c2ccc(Nc3cncc(C)c3/C=C\C)c3cccc1c23. The lowest BCUT2D eigenvalue weighted by Crippen LogP contribution is -1.98. The fraction of sp³-hybridized carbons (Fsp3) is 0.0800. The molecular weight excluding hydrogens is 328 g/mol. The zero-order valence-corrected chi connectivity index (χ0v) is 15.7. The smallest absolute Gasteiger partial charge is 0.0647 e. The zero-order chi connectivity index (χ0) is 19.0. The monoisotopic (exact) mass is 350 g/mol. The summed E-state index contributed by atoms with van der Waals surface area (Å²) in [7, 11) is 0. The van der Waals surface area contributed by atoms with Crippen molar-refractivity contribution in [1.29, 1.82) is 0 Å². The molecule has 2 aromatic carbocycles. The van der Waals surface area contributed by atoms with E-state index in [9.17, 15) is 0 Å². The van der Waals surface area contributed by atoms with Gasteiger partial charge in [0.15, 0.2) is 0 Å². The molecule has 2 heteroatoms. The Labute approximate surface area is 160 Å². The fourth-order valence-corrected chi connectivity index (χ4v) is 3.90. The Morgan fingerprint density at radius 2 is 1.67 bits per heavy atom. The first-order valence-electron chi connectivity index (χ1n) is 9.09. The van der Waals surface area contributed by atoms with Crippen LogP contribution in [0.15, 0.2) is 74.1 Å². The third kappa shape index (κ3) is 2.61. The summed E-state index contributed by atoms with van der Waals surface area (Å²) >= 11 is 0. The fourth-order valence-electron chi connectivity index (χ4n) is 3.90. The molecule has 1 aliphatic carbocycles. The van der Waals surface area contributed by atoms with E-state index in [1.807, 2.05) is 31.5 Å². The molecule has 0 amide bonds. The second-order valence-electron chi connectivity index (χ2n) is 6.67. The van der Waals surface area contributed by atoms with E-state index in [-0.39, 0.29) is 0 Å². The predicted molar refractivity (Wildman–Crippen MR) is 118 cm³/mol. The quantitative estimate of drug-likeness (QED) is 0.540. The molecule has 1 aromatic heterocycles. The molecule has 4 rings (SSSR count). The van der Waals surface area contributed by atoms with Crippen LogP contribution in [-0.4, -0.2) is 4.98 Å². The van der Waals surface area contributed by atoms with Crippen LogP contribution < -0.4 is 5.32 Å². The molecule has 0 bridgehead atoms. The highest BCUT2D eigenvalue weighted by atomic mass is 14.9. The van der Waals surface area contributed by atoms with Crippen LogP contribution in [0, 0.1) is 6.92 Å². The van der Waals surface area contributed by atoms with E-state index in [4.69, 9.17) is 0 Å². The molecule has 132 valence electrons. The van der Waals surface area contributed by atoms with E-state index in [2.05, 4.69) is 72.9 Å². The van der Waals surface area contributed by atoms with E-state index in [0.29, 0.717) is 0 Å². The summed E-state index contributed by atoms with van der Waals surface area (Å²) in [6.07, 6.45) is 11.8. The molecule has 0 saturated heterocycles. The van der Waals surface area contributed by atoms with Gasteiger partial charge < -0.3 is 5.32 Å². The van der Waals surface area contributed by atoms with Crippen LogP contribution in [0.25, 0.3) is 28.0 Å². The third-order valence-electron chi connectivity index (χ3n) is 5.11. The second kappa shape index (κ2) is 6.73. The van der Waals surface area contributed by atoms with E-state index < -0.39 is 0 Å². The highest BCUT2D eigenvalue weighted by molar-refractivity contribution is 6.20. The van der Waals surface area contributed by atoms with E-state index in [1.54, 1.807) is 0 Å². The lowest BCUT2D eigenvalue weighted by molar-refractivity contribution is 1.25. The van der Waals surface area contributed by atoms with Crippen LogP contribution in [-0.2, 0) is 0 Å². The Hall–Kier alpha value is -3.39. The molecule has 1 aliphatic rings. The maximum atomic E-state index is 4.37. The van der Waals surface area contributed by atoms with Crippen LogP contribution in [0.1, 0.15) is 29.2 Å². The molecule has 0 radical (unpaired) electrons. The predicted octanol–water partition coefficient (Wildman–Crippen LogP) is 6.92. The number of pyridine rings is 1. The normalized spacial score (nSPS) is 12.8. The molecule has 0 aliphatic heterocycles. The van der Waals surface area contributed by atoms with Gasteiger partial charge in [0, 0.05) is 22.8 Å². The Balaban J connectivity index is 1.90. The number of hydrogen-bond acceptors (Lipinski definition) is 2. The standard InChI is InChI=1S/C25H22N2/c1-5-9-19-16(4)14-26-15-24(19)27-23-13-12-21-18(7-3)17(6-2)20-10-8-11-22(23)25(20)21/h5-15,27H,2-3H2,1,4H3/b9-5-. The van der Waals surface area contributed by atoms with Gasteiger partial charge in [0.25, 0.3) is 0 Å². The van der Waals surface area contributed by atoms with Gasteiger partial charge in [-0.25, -0.2) is 0 Å². The maximum absolute atomic E-state index is 4.37. The van der Waals surface area contributed by atoms with Crippen molar-refractivity contribution in [2.75, 3.05) is 5.32 Å². The summed E-state index contributed by atoms with van der Waals surface area (Å²) in [5.41, 5.74) is 9.11. The van der Waals surface area contributed by atoms with Crippen LogP contribution in [0.4, 0.5) is 11.4 Å². The summed E-state index contributed by atoms with van der Waals surface area (Å²) < 4.78 is 0. The molecular formula is C25H22N2. The topological polar surface area (TPSA) is 24.9 Å². The van der Waals surface area contributed by atoms with E-state index in [0.717, 1.165) is 33.6 Å². The highest BCUT2D eigenvalue weighted by Crippen LogP contribution is 2.45. The van der Waals surface area contributed by atoms with Gasteiger partial charge in [0.05, 0.1) is 11.9 Å². The maximum Gasteiger partial charge on any atom is 0.0647 e. The third-order valence-corrected chi connectivity index (χ3v) is 5.11. The van der Waals surface area contributed by atoms with Crippen molar-refractivity contribution in [2.24, 2.45) is 0 Å². The van der Waals surface area contributed by atoms with Crippen molar-refractivity contribution >= 4 is 39.4 Å². The van der Waals surface area contributed by atoms with Crippen molar-refractivity contribution in [1.82, 2.24) is 4.98 Å². The average Bonchev–Trinajstić information content (AvgIpc) is 3.00. The molecule has 0 atom stereocenters. The van der Waals surface area contributed by atoms with Crippen LogP contribution in [0.5, 0.6) is 0 Å². The molecule has 0 saturated carbocycles. The number of anilines is 2. The highest BCUT2D eigenvalue weighted by Gasteiger charge is 2.22. The Kier molecular flexibility index (Phi) is 4.25. The van der Waals surface area contributed by atoms with Crippen molar-refractivity contribution in [3.63, 3.8) is 0 Å². The minimum Gasteiger partial charge on any atom is -0.353 e. The van der Waals surface area contributed by atoms with Crippen molar-refractivity contribution in [3.8, 4) is 0 Å². The minimum absolute atomic E-state index is 1.01. The summed E-state index contributed by atoms with van der Waals surface area (Å²) in [5.74, 6) is 0. The van der Waals surface area contributed by atoms with Gasteiger partial charge in [0.2, 0.25) is 0 Å². The lowest BCUT2D eigenvalue weighted by Gasteiger charge is -2.15. The molecule has 3 aromatic rings. The van der Waals surface area contributed by atoms with Gasteiger partial charge in [-0.05, 0) is 53.1 Å². The summed E-state index contributed by atoms with van der Waals surface area (Å²) in [6.45, 7) is 12.1. The summed E-state index contributed by atoms with van der Waals surface area (Å²) in [4.78, 5) is 4.37. The van der Waals surface area contributed by atoms with Gasteiger partial charge >= 0.3 is 0 Å². The van der Waals surface area contributed by atoms with E-state index >= 15 is 0 Å². The zero-order valence-electron chi connectivity index (χ0n) is 15.7. The molecule has 1 heterocycles. The van der Waals surface area contributed by atoms with Gasteiger partial charge in [-0.1, -0.05) is 61.7 Å². The number of allylic oxidation sites excluding steroid dienone is 5. The van der Waals surface area contributed by atoms with Gasteiger partial charge in [-0.3, -0.25) is 4.98 Å². The van der Waals surface area contributed by atoms with Crippen LogP contribution in [0.3, 0.4) is 0 Å². The van der Waals surface area contributed by atoms with Gasteiger partial charge in [-0.2, -0.15) is 0 Å². The molecule has 0 spiro atoms. The first kappa shape index (κ1) is 17.0. The molecule has 2 nitrogen and oxygen atoms in total.